The Kier molecular flexibility index (Phi) is 2.75. The molecule has 0 amide bonds. The van der Waals surface area contributed by atoms with Crippen molar-refractivity contribution in [2.75, 3.05) is 0 Å². The average Bonchev–Trinajstić information content (AvgIpc) is 2.78. The molecule has 0 saturated heterocycles. The van der Waals surface area contributed by atoms with E-state index in [1.807, 2.05) is 4.68 Å². The highest BCUT2D eigenvalue weighted by molar-refractivity contribution is 4.85. The topological polar surface area (TPSA) is 61.4 Å². The highest BCUT2D eigenvalue weighted by Crippen LogP contribution is 2.02. The minimum atomic E-state index is 0.557. The summed E-state index contributed by atoms with van der Waals surface area (Å²) in [5.74, 6) is 1.47. The molecule has 0 spiro atoms. The highest BCUT2D eigenvalue weighted by atomic mass is 15.4. The lowest BCUT2D eigenvalue weighted by molar-refractivity contribution is 0.456. The predicted octanol–water partition coefficient (Wildman–Crippen LogP) is 0.574. The molecule has 2 rings (SSSR count). The predicted molar refractivity (Wildman–Crippen MR) is 54.0 cm³/mol. The molecule has 0 aliphatic heterocycles. The summed E-state index contributed by atoms with van der Waals surface area (Å²) >= 11 is 0. The first-order valence-corrected chi connectivity index (χ1v) is 4.95. The van der Waals surface area contributed by atoms with Gasteiger partial charge in [-0.3, -0.25) is 0 Å². The van der Waals surface area contributed by atoms with Crippen molar-refractivity contribution in [3.05, 3.63) is 24.8 Å². The van der Waals surface area contributed by atoms with Gasteiger partial charge in [0.25, 0.3) is 0 Å². The fourth-order valence-electron chi connectivity index (χ4n) is 1.37. The van der Waals surface area contributed by atoms with Gasteiger partial charge < -0.3 is 0 Å². The maximum absolute atomic E-state index is 4.21. The summed E-state index contributed by atoms with van der Waals surface area (Å²) < 4.78 is 3.65. The smallest absolute Gasteiger partial charge is 0.148 e. The molecule has 0 aliphatic carbocycles. The lowest BCUT2D eigenvalue weighted by Crippen LogP contribution is -2.13. The maximum atomic E-state index is 4.21. The number of hydrogen-bond acceptors (Lipinski definition) is 4. The monoisotopic (exact) mass is 206 g/mol. The van der Waals surface area contributed by atoms with Crippen LogP contribution in [0.1, 0.15) is 19.7 Å². The Hall–Kier alpha value is -1.72. The first-order valence-electron chi connectivity index (χ1n) is 4.95. The maximum Gasteiger partial charge on any atom is 0.148 e. The van der Waals surface area contributed by atoms with Crippen LogP contribution >= 0.6 is 0 Å². The van der Waals surface area contributed by atoms with Gasteiger partial charge in [-0.1, -0.05) is 13.8 Å². The van der Waals surface area contributed by atoms with E-state index in [2.05, 4.69) is 34.0 Å². The summed E-state index contributed by atoms with van der Waals surface area (Å²) in [4.78, 5) is 8.10. The van der Waals surface area contributed by atoms with Crippen LogP contribution in [0.4, 0.5) is 0 Å². The van der Waals surface area contributed by atoms with Crippen molar-refractivity contribution in [2.24, 2.45) is 5.92 Å². The molecule has 0 aliphatic rings. The van der Waals surface area contributed by atoms with Crippen LogP contribution in [0.2, 0.25) is 0 Å². The van der Waals surface area contributed by atoms with E-state index >= 15 is 0 Å². The Labute approximate surface area is 88.0 Å². The molecule has 0 saturated carbocycles. The highest BCUT2D eigenvalue weighted by Gasteiger charge is 2.06. The van der Waals surface area contributed by atoms with E-state index in [-0.39, 0.29) is 0 Å². The van der Waals surface area contributed by atoms with E-state index in [1.165, 1.54) is 6.33 Å². The Morgan fingerprint density at radius 1 is 1.27 bits per heavy atom. The van der Waals surface area contributed by atoms with Crippen LogP contribution in [0.3, 0.4) is 0 Å². The second kappa shape index (κ2) is 4.20. The first-order chi connectivity index (χ1) is 7.25. The van der Waals surface area contributed by atoms with Gasteiger partial charge in [0.2, 0.25) is 0 Å². The van der Waals surface area contributed by atoms with Crippen LogP contribution in [-0.2, 0) is 13.1 Å². The first kappa shape index (κ1) is 9.82. The van der Waals surface area contributed by atoms with Crippen LogP contribution in [0.25, 0.3) is 0 Å². The summed E-state index contributed by atoms with van der Waals surface area (Å²) in [5.41, 5.74) is 0. The molecule has 2 heterocycles. The molecule has 80 valence electrons. The van der Waals surface area contributed by atoms with Crippen LogP contribution < -0.4 is 0 Å². The van der Waals surface area contributed by atoms with Gasteiger partial charge in [-0.25, -0.2) is 19.3 Å². The van der Waals surface area contributed by atoms with Gasteiger partial charge in [-0.05, 0) is 5.92 Å². The van der Waals surface area contributed by atoms with Crippen LogP contribution in [0.15, 0.2) is 19.0 Å². The van der Waals surface area contributed by atoms with Crippen molar-refractivity contribution in [3.63, 3.8) is 0 Å². The second-order valence-electron chi connectivity index (χ2n) is 3.85. The summed E-state index contributed by atoms with van der Waals surface area (Å²) in [6.07, 6.45) is 4.77. The van der Waals surface area contributed by atoms with Gasteiger partial charge in [0.1, 0.15) is 31.4 Å². The third-order valence-electron chi connectivity index (χ3n) is 2.00. The molecule has 0 radical (unpaired) electrons. The van der Waals surface area contributed by atoms with E-state index in [4.69, 9.17) is 0 Å². The zero-order valence-corrected chi connectivity index (χ0v) is 8.91. The van der Waals surface area contributed by atoms with Crippen LogP contribution in [0.5, 0.6) is 0 Å². The Morgan fingerprint density at radius 3 is 2.80 bits per heavy atom. The van der Waals surface area contributed by atoms with Gasteiger partial charge in [-0.15, -0.1) is 0 Å². The van der Waals surface area contributed by atoms with Crippen molar-refractivity contribution >= 4 is 0 Å². The Balaban J connectivity index is 2.11. The minimum Gasteiger partial charge on any atom is -0.248 e. The number of hydrogen-bond donors (Lipinski definition) is 0. The normalized spacial score (nSPS) is 11.1. The molecule has 6 heteroatoms. The van der Waals surface area contributed by atoms with Crippen molar-refractivity contribution in [1.29, 1.82) is 0 Å². The fourth-order valence-corrected chi connectivity index (χ4v) is 1.37. The second-order valence-corrected chi connectivity index (χ2v) is 3.85. The molecule has 2 aromatic rings. The minimum absolute atomic E-state index is 0.557. The van der Waals surface area contributed by atoms with Crippen molar-refractivity contribution in [3.8, 4) is 0 Å². The van der Waals surface area contributed by atoms with E-state index in [0.29, 0.717) is 12.5 Å². The molecular formula is C9H14N6. The summed E-state index contributed by atoms with van der Waals surface area (Å²) in [6, 6.07) is 0. The third kappa shape index (κ3) is 2.39. The van der Waals surface area contributed by atoms with Gasteiger partial charge in [0, 0.05) is 6.54 Å². The third-order valence-corrected chi connectivity index (χ3v) is 2.00. The van der Waals surface area contributed by atoms with Gasteiger partial charge in [0.15, 0.2) is 0 Å². The molecule has 2 aromatic heterocycles. The van der Waals surface area contributed by atoms with Gasteiger partial charge in [-0.2, -0.15) is 10.2 Å². The quantitative estimate of drug-likeness (QED) is 0.734. The molecule has 0 fully saturated rings. The Bertz CT molecular complexity index is 402. The molecule has 6 nitrogen and oxygen atoms in total. The number of aromatic nitrogens is 6. The molecule has 0 atom stereocenters. The number of nitrogens with zero attached hydrogens (tertiary/aromatic N) is 6. The standard InChI is InChI=1S/C9H14N6/c1-8(2)3-15-9(11-6-13-15)4-14-7-10-5-12-14/h5-8H,3-4H2,1-2H3. The lowest BCUT2D eigenvalue weighted by Gasteiger charge is -2.07. The zero-order valence-electron chi connectivity index (χ0n) is 8.91. The molecule has 0 aromatic carbocycles. The average molecular weight is 206 g/mol. The molecule has 0 bridgehead atoms. The molecule has 15 heavy (non-hydrogen) atoms. The fraction of sp³-hybridized carbons (Fsp3) is 0.556. The van der Waals surface area contributed by atoms with Crippen LogP contribution in [-0.4, -0.2) is 29.5 Å². The van der Waals surface area contributed by atoms with Crippen molar-refractivity contribution < 1.29 is 0 Å². The SMILES string of the molecule is CC(C)Cn1ncnc1Cn1cncn1. The van der Waals surface area contributed by atoms with E-state index in [1.54, 1.807) is 17.3 Å². The molecular weight excluding hydrogens is 192 g/mol. The largest absolute Gasteiger partial charge is 0.248 e. The van der Waals surface area contributed by atoms with Gasteiger partial charge in [0.05, 0.1) is 0 Å². The van der Waals surface area contributed by atoms with Crippen molar-refractivity contribution in [1.82, 2.24) is 29.5 Å². The zero-order chi connectivity index (χ0) is 10.7. The summed E-state index contributed by atoms with van der Waals surface area (Å²) in [7, 11) is 0. The number of rotatable bonds is 4. The van der Waals surface area contributed by atoms with E-state index < -0.39 is 0 Å². The Morgan fingerprint density at radius 2 is 2.13 bits per heavy atom. The van der Waals surface area contributed by atoms with E-state index in [0.717, 1.165) is 12.4 Å². The lowest BCUT2D eigenvalue weighted by atomic mass is 10.2. The van der Waals surface area contributed by atoms with Gasteiger partial charge >= 0.3 is 0 Å². The summed E-state index contributed by atoms with van der Waals surface area (Å²) in [5, 5.41) is 8.22. The molecule has 0 unspecified atom stereocenters. The van der Waals surface area contributed by atoms with E-state index in [9.17, 15) is 0 Å². The summed E-state index contributed by atoms with van der Waals surface area (Å²) in [6.45, 7) is 5.80. The van der Waals surface area contributed by atoms with Crippen LogP contribution in [0, 0.1) is 5.92 Å². The van der Waals surface area contributed by atoms with Crippen molar-refractivity contribution in [2.45, 2.75) is 26.9 Å². The molecule has 0 N–H and O–H groups in total.